The number of methoxy groups -OCH3 is 1. The van der Waals surface area contributed by atoms with Gasteiger partial charge in [-0.3, -0.25) is 4.79 Å². The molecule has 0 N–H and O–H groups in total. The summed E-state index contributed by atoms with van der Waals surface area (Å²) < 4.78 is 14.6. The Hall–Kier alpha value is -3.72. The maximum atomic E-state index is 13.1. The lowest BCUT2D eigenvalue weighted by molar-refractivity contribution is 0.0704. The second kappa shape index (κ2) is 9.03. The number of benzene rings is 1. The highest BCUT2D eigenvalue weighted by atomic mass is 16.5. The summed E-state index contributed by atoms with van der Waals surface area (Å²) in [6, 6.07) is 9.81. The van der Waals surface area contributed by atoms with Crippen molar-refractivity contribution < 1.29 is 14.3 Å². The van der Waals surface area contributed by atoms with Gasteiger partial charge in [-0.05, 0) is 31.0 Å². The lowest BCUT2D eigenvalue weighted by Gasteiger charge is -2.23. The zero-order valence-corrected chi connectivity index (χ0v) is 18.7. The molecule has 1 amide bonds. The lowest BCUT2D eigenvalue weighted by Crippen LogP contribution is -2.26. The van der Waals surface area contributed by atoms with Crippen LogP contribution in [0.2, 0.25) is 0 Å². The summed E-state index contributed by atoms with van der Waals surface area (Å²) in [5.74, 6) is 0.651. The number of rotatable bonds is 6. The Bertz CT molecular complexity index is 1270. The van der Waals surface area contributed by atoms with Crippen LogP contribution in [0.1, 0.15) is 34.8 Å². The van der Waals surface area contributed by atoms with Crippen molar-refractivity contribution in [2.75, 3.05) is 27.4 Å². The van der Waals surface area contributed by atoms with Gasteiger partial charge in [0.25, 0.3) is 5.91 Å². The number of ether oxygens (including phenoxy) is 2. The topological polar surface area (TPSA) is 87.3 Å². The SMILES string of the molecule is COc1cccc(-n2cc(CN(C)C(=O)c3cnc4c(c3)ncn4C3CCOCC3)cn2)c1. The highest BCUT2D eigenvalue weighted by Gasteiger charge is 2.20. The Kier molecular flexibility index (Phi) is 5.78. The van der Waals surface area contributed by atoms with Crippen LogP contribution in [0.3, 0.4) is 0 Å². The van der Waals surface area contributed by atoms with E-state index in [9.17, 15) is 4.79 Å². The van der Waals surface area contributed by atoms with E-state index < -0.39 is 0 Å². The summed E-state index contributed by atoms with van der Waals surface area (Å²) >= 11 is 0. The first-order valence-corrected chi connectivity index (χ1v) is 11.0. The van der Waals surface area contributed by atoms with E-state index >= 15 is 0 Å². The number of hydrogen-bond acceptors (Lipinski definition) is 6. The monoisotopic (exact) mass is 446 g/mol. The van der Waals surface area contributed by atoms with Gasteiger partial charge in [0.2, 0.25) is 0 Å². The molecule has 0 aliphatic carbocycles. The number of fused-ring (bicyclic) bond motifs is 1. The van der Waals surface area contributed by atoms with E-state index in [2.05, 4.69) is 19.6 Å². The van der Waals surface area contributed by atoms with E-state index in [0.29, 0.717) is 18.2 Å². The first-order valence-electron chi connectivity index (χ1n) is 11.0. The molecule has 1 aliphatic heterocycles. The zero-order valence-electron chi connectivity index (χ0n) is 18.7. The molecule has 5 rings (SSSR count). The fraction of sp³-hybridized carbons (Fsp3) is 0.333. The quantitative estimate of drug-likeness (QED) is 0.452. The van der Waals surface area contributed by atoms with Crippen molar-refractivity contribution in [1.29, 1.82) is 0 Å². The van der Waals surface area contributed by atoms with E-state index in [0.717, 1.165) is 54.2 Å². The third-order valence-corrected chi connectivity index (χ3v) is 5.96. The molecule has 3 aromatic heterocycles. The lowest BCUT2D eigenvalue weighted by atomic mass is 10.1. The average molecular weight is 447 g/mol. The van der Waals surface area contributed by atoms with Gasteiger partial charge in [0.15, 0.2) is 5.65 Å². The first-order chi connectivity index (χ1) is 16.1. The fourth-order valence-corrected chi connectivity index (χ4v) is 4.17. The first kappa shape index (κ1) is 21.1. The van der Waals surface area contributed by atoms with Crippen molar-refractivity contribution >= 4 is 17.1 Å². The molecule has 0 bridgehead atoms. The van der Waals surface area contributed by atoms with Gasteiger partial charge in [-0.15, -0.1) is 0 Å². The van der Waals surface area contributed by atoms with Gasteiger partial charge in [0, 0.05) is 56.9 Å². The molecule has 1 aliphatic rings. The molecule has 0 unspecified atom stereocenters. The summed E-state index contributed by atoms with van der Waals surface area (Å²) in [5, 5.41) is 4.42. The average Bonchev–Trinajstić information content (AvgIpc) is 3.51. The molecule has 9 nitrogen and oxygen atoms in total. The van der Waals surface area contributed by atoms with Crippen molar-refractivity contribution in [2.45, 2.75) is 25.4 Å². The number of imidazole rings is 1. The highest BCUT2D eigenvalue weighted by molar-refractivity contribution is 5.96. The Morgan fingerprint density at radius 1 is 1.21 bits per heavy atom. The Balaban J connectivity index is 1.30. The van der Waals surface area contributed by atoms with Crippen LogP contribution in [0.25, 0.3) is 16.9 Å². The summed E-state index contributed by atoms with van der Waals surface area (Å²) in [4.78, 5) is 23.8. The summed E-state index contributed by atoms with van der Waals surface area (Å²) in [7, 11) is 3.41. The third kappa shape index (κ3) is 4.31. The number of carbonyl (C=O) groups is 1. The van der Waals surface area contributed by atoms with Crippen molar-refractivity contribution in [2.24, 2.45) is 0 Å². The fourth-order valence-electron chi connectivity index (χ4n) is 4.17. The van der Waals surface area contributed by atoms with Crippen molar-refractivity contribution in [3.05, 3.63) is 66.4 Å². The number of hydrogen-bond donors (Lipinski definition) is 0. The summed E-state index contributed by atoms with van der Waals surface area (Å²) in [5.41, 5.74) is 3.87. The van der Waals surface area contributed by atoms with Gasteiger partial charge in [0.05, 0.1) is 30.9 Å². The Labute approximate surface area is 191 Å². The van der Waals surface area contributed by atoms with Gasteiger partial charge < -0.3 is 18.9 Å². The minimum atomic E-state index is -0.112. The van der Waals surface area contributed by atoms with E-state index in [1.165, 1.54) is 0 Å². The zero-order chi connectivity index (χ0) is 22.8. The molecule has 9 heteroatoms. The summed E-state index contributed by atoms with van der Waals surface area (Å²) in [6.07, 6.45) is 9.02. The molecule has 1 fully saturated rings. The van der Waals surface area contributed by atoms with Crippen molar-refractivity contribution in [3.8, 4) is 11.4 Å². The molecular weight excluding hydrogens is 420 g/mol. The predicted octanol–water partition coefficient (Wildman–Crippen LogP) is 3.25. The molecule has 1 saturated heterocycles. The highest BCUT2D eigenvalue weighted by Crippen LogP contribution is 2.25. The largest absolute Gasteiger partial charge is 0.497 e. The van der Waals surface area contributed by atoms with Crippen molar-refractivity contribution in [3.63, 3.8) is 0 Å². The number of carbonyl (C=O) groups excluding carboxylic acids is 1. The molecule has 0 saturated carbocycles. The molecule has 4 heterocycles. The standard InChI is InChI=1S/C24H26N6O3/c1-28(14-17-12-27-30(15-17)20-4-3-5-21(11-20)32-2)24(31)18-10-22-23(25-13-18)29(16-26-22)19-6-8-33-9-7-19/h3-5,10-13,15-16,19H,6-9,14H2,1-2H3. The number of nitrogens with zero attached hydrogens (tertiary/aromatic N) is 6. The van der Waals surface area contributed by atoms with Crippen LogP contribution >= 0.6 is 0 Å². The maximum absolute atomic E-state index is 13.1. The van der Waals surface area contributed by atoms with E-state index in [4.69, 9.17) is 9.47 Å². The number of aromatic nitrogens is 5. The van der Waals surface area contributed by atoms with Crippen LogP contribution in [0, 0.1) is 0 Å². The molecule has 1 aromatic carbocycles. The second-order valence-corrected chi connectivity index (χ2v) is 8.22. The van der Waals surface area contributed by atoms with Gasteiger partial charge >= 0.3 is 0 Å². The second-order valence-electron chi connectivity index (χ2n) is 8.22. The summed E-state index contributed by atoms with van der Waals surface area (Å²) in [6.45, 7) is 1.93. The van der Waals surface area contributed by atoms with Gasteiger partial charge in [-0.2, -0.15) is 5.10 Å². The molecule has 0 spiro atoms. The van der Waals surface area contributed by atoms with Crippen LogP contribution in [-0.2, 0) is 11.3 Å². The smallest absolute Gasteiger partial charge is 0.255 e. The van der Waals surface area contributed by atoms with Gasteiger partial charge in [-0.25, -0.2) is 14.6 Å². The number of amides is 1. The van der Waals surface area contributed by atoms with Gasteiger partial charge in [-0.1, -0.05) is 6.07 Å². The molecule has 0 radical (unpaired) electrons. The van der Waals surface area contributed by atoms with Crippen LogP contribution in [0.15, 0.2) is 55.2 Å². The normalized spacial score (nSPS) is 14.5. The Morgan fingerprint density at radius 2 is 2.06 bits per heavy atom. The molecule has 170 valence electrons. The molecule has 4 aromatic rings. The van der Waals surface area contributed by atoms with Crippen LogP contribution in [-0.4, -0.2) is 62.5 Å². The molecule has 33 heavy (non-hydrogen) atoms. The van der Waals surface area contributed by atoms with Crippen LogP contribution < -0.4 is 4.74 Å². The van der Waals surface area contributed by atoms with Gasteiger partial charge in [0.1, 0.15) is 11.3 Å². The Morgan fingerprint density at radius 3 is 2.88 bits per heavy atom. The molecular formula is C24H26N6O3. The van der Waals surface area contributed by atoms with Crippen LogP contribution in [0.5, 0.6) is 5.75 Å². The minimum Gasteiger partial charge on any atom is -0.497 e. The van der Waals surface area contributed by atoms with E-state index in [-0.39, 0.29) is 5.91 Å². The van der Waals surface area contributed by atoms with E-state index in [1.807, 2.05) is 42.9 Å². The van der Waals surface area contributed by atoms with Crippen LogP contribution in [0.4, 0.5) is 0 Å². The van der Waals surface area contributed by atoms with Crippen molar-refractivity contribution in [1.82, 2.24) is 29.2 Å². The molecule has 0 atom stereocenters. The van der Waals surface area contributed by atoms with E-state index in [1.54, 1.807) is 36.1 Å². The third-order valence-electron chi connectivity index (χ3n) is 5.96. The minimum absolute atomic E-state index is 0.112. The maximum Gasteiger partial charge on any atom is 0.255 e. The number of pyridine rings is 1. The predicted molar refractivity (Wildman–Crippen MR) is 123 cm³/mol.